The van der Waals surface area contributed by atoms with E-state index in [0.717, 1.165) is 26.1 Å². The minimum atomic E-state index is -0.0539. The Morgan fingerprint density at radius 3 is 2.48 bits per heavy atom. The highest BCUT2D eigenvalue weighted by Gasteiger charge is 2.31. The van der Waals surface area contributed by atoms with Gasteiger partial charge in [-0.2, -0.15) is 0 Å². The Labute approximate surface area is 129 Å². The number of hydrogen-bond acceptors (Lipinski definition) is 3. The first-order valence-electron chi connectivity index (χ1n) is 7.99. The lowest BCUT2D eigenvalue weighted by molar-refractivity contribution is -0.128. The zero-order chi connectivity index (χ0) is 15.6. The minimum Gasteiger partial charge on any atom is -0.370 e. The summed E-state index contributed by atoms with van der Waals surface area (Å²) in [5.41, 5.74) is 10.2. The molecule has 1 aliphatic rings. The SMILES string of the molecule is Cc1cc(C)cc(C(N)CCN2CC(C)OC(C)(C)C2)c1. The van der Waals surface area contributed by atoms with E-state index in [1.165, 1.54) is 16.7 Å². The van der Waals surface area contributed by atoms with E-state index in [2.05, 4.69) is 57.7 Å². The molecule has 3 heteroatoms. The van der Waals surface area contributed by atoms with E-state index in [1.54, 1.807) is 0 Å². The largest absolute Gasteiger partial charge is 0.370 e. The highest BCUT2D eigenvalue weighted by Crippen LogP contribution is 2.23. The molecule has 2 N–H and O–H groups in total. The topological polar surface area (TPSA) is 38.5 Å². The average Bonchev–Trinajstić information content (AvgIpc) is 2.32. The molecule has 1 heterocycles. The van der Waals surface area contributed by atoms with Crippen LogP contribution in [-0.2, 0) is 4.74 Å². The predicted octanol–water partition coefficient (Wildman–Crippen LogP) is 3.19. The molecule has 2 rings (SSSR count). The quantitative estimate of drug-likeness (QED) is 0.925. The van der Waals surface area contributed by atoms with Gasteiger partial charge in [-0.1, -0.05) is 29.3 Å². The van der Waals surface area contributed by atoms with E-state index in [-0.39, 0.29) is 11.6 Å². The summed E-state index contributed by atoms with van der Waals surface area (Å²) in [5.74, 6) is 0. The molecule has 2 unspecified atom stereocenters. The summed E-state index contributed by atoms with van der Waals surface area (Å²) in [6.07, 6.45) is 1.29. The fourth-order valence-corrected chi connectivity index (χ4v) is 3.47. The van der Waals surface area contributed by atoms with Crippen LogP contribution in [-0.4, -0.2) is 36.2 Å². The van der Waals surface area contributed by atoms with Gasteiger partial charge in [0.15, 0.2) is 0 Å². The second-order valence-corrected chi connectivity index (χ2v) is 7.24. The molecule has 0 spiro atoms. The standard InChI is InChI=1S/C18H30N2O/c1-13-8-14(2)10-16(9-13)17(19)6-7-20-11-15(3)21-18(4,5)12-20/h8-10,15,17H,6-7,11-12,19H2,1-5H3. The van der Waals surface area contributed by atoms with Crippen LogP contribution in [0.15, 0.2) is 18.2 Å². The van der Waals surface area contributed by atoms with Crippen molar-refractivity contribution < 1.29 is 4.74 Å². The van der Waals surface area contributed by atoms with Crippen molar-refractivity contribution in [2.24, 2.45) is 5.73 Å². The summed E-state index contributed by atoms with van der Waals surface area (Å²) in [7, 11) is 0. The molecule has 0 aromatic heterocycles. The number of ether oxygens (including phenoxy) is 1. The van der Waals surface area contributed by atoms with E-state index in [9.17, 15) is 0 Å². The van der Waals surface area contributed by atoms with Gasteiger partial charge in [-0.3, -0.25) is 4.90 Å². The van der Waals surface area contributed by atoms with Crippen molar-refractivity contribution in [3.63, 3.8) is 0 Å². The van der Waals surface area contributed by atoms with Crippen molar-refractivity contribution in [3.05, 3.63) is 34.9 Å². The lowest BCUT2D eigenvalue weighted by Gasteiger charge is -2.42. The van der Waals surface area contributed by atoms with E-state index in [0.29, 0.717) is 6.10 Å². The van der Waals surface area contributed by atoms with Gasteiger partial charge in [-0.25, -0.2) is 0 Å². The molecule has 1 fully saturated rings. The van der Waals surface area contributed by atoms with Crippen molar-refractivity contribution in [1.29, 1.82) is 0 Å². The Bertz CT molecular complexity index is 464. The monoisotopic (exact) mass is 290 g/mol. The molecule has 0 bridgehead atoms. The van der Waals surface area contributed by atoms with Crippen molar-refractivity contribution in [3.8, 4) is 0 Å². The molecule has 118 valence electrons. The summed E-state index contributed by atoms with van der Waals surface area (Å²) in [4.78, 5) is 2.48. The first-order valence-corrected chi connectivity index (χ1v) is 7.99. The maximum Gasteiger partial charge on any atom is 0.0757 e. The third-order valence-electron chi connectivity index (χ3n) is 4.07. The van der Waals surface area contributed by atoms with Crippen LogP contribution in [0.4, 0.5) is 0 Å². The highest BCUT2D eigenvalue weighted by molar-refractivity contribution is 5.30. The summed E-state index contributed by atoms with van der Waals surface area (Å²) in [5, 5.41) is 0. The molecule has 2 atom stereocenters. The minimum absolute atomic E-state index is 0.0539. The number of rotatable bonds is 4. The molecule has 1 aliphatic heterocycles. The summed E-state index contributed by atoms with van der Waals surface area (Å²) in [6, 6.07) is 6.74. The zero-order valence-electron chi connectivity index (χ0n) is 14.1. The summed E-state index contributed by atoms with van der Waals surface area (Å²) < 4.78 is 5.95. The van der Waals surface area contributed by atoms with Gasteiger partial charge in [0.25, 0.3) is 0 Å². The molecule has 3 nitrogen and oxygen atoms in total. The normalized spacial score (nSPS) is 24.0. The molecule has 0 aliphatic carbocycles. The molecule has 0 radical (unpaired) electrons. The van der Waals surface area contributed by atoms with Gasteiger partial charge < -0.3 is 10.5 Å². The Hall–Kier alpha value is -0.900. The molecule has 0 amide bonds. The van der Waals surface area contributed by atoms with E-state index in [4.69, 9.17) is 10.5 Å². The van der Waals surface area contributed by atoms with Crippen LogP contribution >= 0.6 is 0 Å². The fraction of sp³-hybridized carbons (Fsp3) is 0.667. The Kier molecular flexibility index (Phi) is 5.07. The van der Waals surface area contributed by atoms with Crippen LogP contribution < -0.4 is 5.73 Å². The van der Waals surface area contributed by atoms with Gasteiger partial charge in [0.1, 0.15) is 0 Å². The van der Waals surface area contributed by atoms with Gasteiger partial charge in [-0.15, -0.1) is 0 Å². The number of morpholine rings is 1. The van der Waals surface area contributed by atoms with E-state index in [1.807, 2.05) is 0 Å². The Morgan fingerprint density at radius 1 is 1.29 bits per heavy atom. The number of nitrogens with zero attached hydrogens (tertiary/aromatic N) is 1. The second-order valence-electron chi connectivity index (χ2n) is 7.24. The van der Waals surface area contributed by atoms with Gasteiger partial charge in [-0.05, 0) is 46.6 Å². The first-order chi connectivity index (χ1) is 9.75. The lowest BCUT2D eigenvalue weighted by atomic mass is 9.99. The summed E-state index contributed by atoms with van der Waals surface area (Å²) >= 11 is 0. The van der Waals surface area contributed by atoms with Gasteiger partial charge in [0.2, 0.25) is 0 Å². The van der Waals surface area contributed by atoms with E-state index < -0.39 is 0 Å². The highest BCUT2D eigenvalue weighted by atomic mass is 16.5. The van der Waals surface area contributed by atoms with Crippen LogP contribution in [0.2, 0.25) is 0 Å². The first kappa shape index (κ1) is 16.5. The maximum absolute atomic E-state index is 6.39. The third-order valence-corrected chi connectivity index (χ3v) is 4.07. The molecule has 21 heavy (non-hydrogen) atoms. The Morgan fingerprint density at radius 2 is 1.90 bits per heavy atom. The smallest absolute Gasteiger partial charge is 0.0757 e. The fourth-order valence-electron chi connectivity index (χ4n) is 3.47. The molecule has 1 aromatic rings. The van der Waals surface area contributed by atoms with Gasteiger partial charge in [0.05, 0.1) is 11.7 Å². The molecule has 1 aromatic carbocycles. The maximum atomic E-state index is 6.39. The molecule has 1 saturated heterocycles. The van der Waals surface area contributed by atoms with Gasteiger partial charge >= 0.3 is 0 Å². The molecular weight excluding hydrogens is 260 g/mol. The zero-order valence-corrected chi connectivity index (χ0v) is 14.1. The van der Waals surface area contributed by atoms with Crippen LogP contribution in [0.5, 0.6) is 0 Å². The van der Waals surface area contributed by atoms with Crippen LogP contribution in [0.25, 0.3) is 0 Å². The number of aryl methyl sites for hydroxylation is 2. The second kappa shape index (κ2) is 6.47. The third kappa shape index (κ3) is 4.80. The lowest BCUT2D eigenvalue weighted by Crippen LogP contribution is -2.52. The van der Waals surface area contributed by atoms with Gasteiger partial charge in [0, 0.05) is 25.7 Å². The van der Waals surface area contributed by atoms with Crippen LogP contribution in [0.3, 0.4) is 0 Å². The van der Waals surface area contributed by atoms with Crippen LogP contribution in [0.1, 0.15) is 49.9 Å². The predicted molar refractivity (Wildman–Crippen MR) is 88.5 cm³/mol. The van der Waals surface area contributed by atoms with Crippen molar-refractivity contribution >= 4 is 0 Å². The van der Waals surface area contributed by atoms with Crippen molar-refractivity contribution in [2.45, 2.75) is 58.8 Å². The average molecular weight is 290 g/mol. The number of nitrogens with two attached hydrogens (primary N) is 1. The number of benzene rings is 1. The molecule has 0 saturated carbocycles. The summed E-state index contributed by atoms with van der Waals surface area (Å²) in [6.45, 7) is 13.8. The Balaban J connectivity index is 1.93. The van der Waals surface area contributed by atoms with Crippen molar-refractivity contribution in [1.82, 2.24) is 4.90 Å². The van der Waals surface area contributed by atoms with Crippen LogP contribution in [0, 0.1) is 13.8 Å². The number of hydrogen-bond donors (Lipinski definition) is 1. The van der Waals surface area contributed by atoms with Crippen molar-refractivity contribution in [2.75, 3.05) is 19.6 Å². The van der Waals surface area contributed by atoms with E-state index >= 15 is 0 Å². The molecular formula is C18H30N2O.